The fourth-order valence-corrected chi connectivity index (χ4v) is 3.48. The van der Waals surface area contributed by atoms with E-state index in [4.69, 9.17) is 0 Å². The molecule has 0 bridgehead atoms. The maximum atomic E-state index is 12.6. The van der Waals surface area contributed by atoms with Crippen LogP contribution in [0, 0.1) is 5.92 Å². The molecule has 2 heterocycles. The normalized spacial score (nSPS) is 16.3. The van der Waals surface area contributed by atoms with Crippen LogP contribution in [0.4, 0.5) is 5.95 Å². The van der Waals surface area contributed by atoms with Gasteiger partial charge >= 0.3 is 0 Å². The van der Waals surface area contributed by atoms with Gasteiger partial charge in [-0.3, -0.25) is 4.79 Å². The van der Waals surface area contributed by atoms with Crippen LogP contribution in [0.1, 0.15) is 18.4 Å². The van der Waals surface area contributed by atoms with Gasteiger partial charge in [-0.05, 0) is 45.0 Å². The lowest BCUT2D eigenvalue weighted by molar-refractivity contribution is -0.125. The summed E-state index contributed by atoms with van der Waals surface area (Å²) in [4.78, 5) is 25.6. The summed E-state index contributed by atoms with van der Waals surface area (Å²) in [6.07, 6.45) is 6.13. The van der Waals surface area contributed by atoms with E-state index in [0.717, 1.165) is 38.3 Å². The highest BCUT2D eigenvalue weighted by Crippen LogP contribution is 2.20. The molecule has 0 saturated carbocycles. The molecule has 1 N–H and O–H groups in total. The number of nitrogens with one attached hydrogen (secondary N) is 1. The lowest BCUT2D eigenvalue weighted by Crippen LogP contribution is -2.46. The lowest BCUT2D eigenvalue weighted by atomic mass is 9.96. The maximum Gasteiger partial charge on any atom is 0.225 e. The minimum Gasteiger partial charge on any atom is -0.354 e. The molecule has 0 aliphatic carbocycles. The second-order valence-electron chi connectivity index (χ2n) is 7.36. The van der Waals surface area contributed by atoms with E-state index >= 15 is 0 Å². The molecule has 1 saturated heterocycles. The van der Waals surface area contributed by atoms with E-state index in [-0.39, 0.29) is 17.9 Å². The molecule has 1 aliphatic rings. The highest BCUT2D eigenvalue weighted by Gasteiger charge is 2.26. The molecule has 0 radical (unpaired) electrons. The Hall–Kier alpha value is -2.47. The second-order valence-corrected chi connectivity index (χ2v) is 7.36. The Morgan fingerprint density at radius 2 is 1.81 bits per heavy atom. The van der Waals surface area contributed by atoms with Crippen LogP contribution < -0.4 is 10.2 Å². The van der Waals surface area contributed by atoms with Crippen molar-refractivity contribution in [2.45, 2.75) is 25.3 Å². The second kappa shape index (κ2) is 9.46. The summed E-state index contributed by atoms with van der Waals surface area (Å²) in [6.45, 7) is 2.31. The molecule has 1 aliphatic heterocycles. The van der Waals surface area contributed by atoms with E-state index in [1.54, 1.807) is 12.4 Å². The van der Waals surface area contributed by atoms with Crippen LogP contribution in [0.3, 0.4) is 0 Å². The predicted molar refractivity (Wildman–Crippen MR) is 108 cm³/mol. The van der Waals surface area contributed by atoms with Crippen LogP contribution in [0.2, 0.25) is 0 Å². The van der Waals surface area contributed by atoms with Crippen molar-refractivity contribution in [1.82, 2.24) is 20.2 Å². The molecule has 144 valence electrons. The zero-order valence-electron chi connectivity index (χ0n) is 16.2. The fraction of sp³-hybridized carbons (Fsp3) is 0.476. The molecular formula is C21H29N5O. The summed E-state index contributed by atoms with van der Waals surface area (Å²) in [5.74, 6) is 1.000. The highest BCUT2D eigenvalue weighted by molar-refractivity contribution is 5.79. The molecule has 1 aromatic carbocycles. The zero-order valence-corrected chi connectivity index (χ0v) is 16.2. The Morgan fingerprint density at radius 1 is 1.15 bits per heavy atom. The topological polar surface area (TPSA) is 61.4 Å². The van der Waals surface area contributed by atoms with Gasteiger partial charge in [0.15, 0.2) is 0 Å². The average molecular weight is 367 g/mol. The van der Waals surface area contributed by atoms with Gasteiger partial charge in [0.05, 0.1) is 0 Å². The summed E-state index contributed by atoms with van der Waals surface area (Å²) in [7, 11) is 4.14. The van der Waals surface area contributed by atoms with Crippen molar-refractivity contribution in [2.24, 2.45) is 5.92 Å². The summed E-state index contributed by atoms with van der Waals surface area (Å²) >= 11 is 0. The minimum atomic E-state index is 0.0736. The van der Waals surface area contributed by atoms with Gasteiger partial charge in [-0.15, -0.1) is 0 Å². The van der Waals surface area contributed by atoms with Gasteiger partial charge in [0.25, 0.3) is 0 Å². The van der Waals surface area contributed by atoms with E-state index < -0.39 is 0 Å². The fourth-order valence-electron chi connectivity index (χ4n) is 3.48. The molecular weight excluding hydrogens is 338 g/mol. The molecule has 6 heteroatoms. The van der Waals surface area contributed by atoms with Crippen molar-refractivity contribution < 1.29 is 4.79 Å². The average Bonchev–Trinajstić information content (AvgIpc) is 2.72. The molecule has 1 aromatic heterocycles. The SMILES string of the molecule is CN(C)C(CNC(=O)C1CCN(c2ncccn2)CC1)Cc1ccccc1. The number of piperidine rings is 1. The summed E-state index contributed by atoms with van der Waals surface area (Å²) in [5.41, 5.74) is 1.29. The first-order chi connectivity index (χ1) is 13.1. The molecule has 1 unspecified atom stereocenters. The van der Waals surface area contributed by atoms with Gasteiger partial charge in [0.2, 0.25) is 11.9 Å². The Balaban J connectivity index is 1.47. The van der Waals surface area contributed by atoms with E-state index in [2.05, 4.69) is 63.4 Å². The summed E-state index contributed by atoms with van der Waals surface area (Å²) in [5, 5.41) is 3.18. The number of likely N-dealkylation sites (N-methyl/N-ethyl adjacent to an activating group) is 1. The van der Waals surface area contributed by atoms with Gasteiger partial charge in [-0.1, -0.05) is 30.3 Å². The number of nitrogens with zero attached hydrogens (tertiary/aromatic N) is 4. The predicted octanol–water partition coefficient (Wildman–Crippen LogP) is 1.98. The molecule has 27 heavy (non-hydrogen) atoms. The van der Waals surface area contributed by atoms with Crippen LogP contribution in [0.5, 0.6) is 0 Å². The quantitative estimate of drug-likeness (QED) is 0.811. The van der Waals surface area contributed by atoms with Gasteiger partial charge < -0.3 is 15.1 Å². The first-order valence-electron chi connectivity index (χ1n) is 9.63. The number of hydrogen-bond acceptors (Lipinski definition) is 5. The first kappa shape index (κ1) is 19.3. The van der Waals surface area contributed by atoms with Crippen LogP contribution in [0.15, 0.2) is 48.8 Å². The molecule has 6 nitrogen and oxygen atoms in total. The van der Waals surface area contributed by atoms with Crippen LogP contribution in [-0.2, 0) is 11.2 Å². The number of benzene rings is 1. The third-order valence-corrected chi connectivity index (χ3v) is 5.26. The smallest absolute Gasteiger partial charge is 0.225 e. The maximum absolute atomic E-state index is 12.6. The minimum absolute atomic E-state index is 0.0736. The van der Waals surface area contributed by atoms with E-state index in [0.29, 0.717) is 6.54 Å². The van der Waals surface area contributed by atoms with Crippen molar-refractivity contribution in [1.29, 1.82) is 0 Å². The number of carbonyl (C=O) groups excluding carboxylic acids is 1. The van der Waals surface area contributed by atoms with Gasteiger partial charge in [-0.2, -0.15) is 0 Å². The van der Waals surface area contributed by atoms with Crippen LogP contribution in [-0.4, -0.2) is 60.5 Å². The van der Waals surface area contributed by atoms with Gasteiger partial charge in [0, 0.05) is 44.0 Å². The van der Waals surface area contributed by atoms with Crippen molar-refractivity contribution in [3.05, 3.63) is 54.4 Å². The van der Waals surface area contributed by atoms with Crippen LogP contribution >= 0.6 is 0 Å². The number of anilines is 1. The van der Waals surface area contributed by atoms with Gasteiger partial charge in [0.1, 0.15) is 0 Å². The lowest BCUT2D eigenvalue weighted by Gasteiger charge is -2.32. The van der Waals surface area contributed by atoms with Crippen molar-refractivity contribution >= 4 is 11.9 Å². The largest absolute Gasteiger partial charge is 0.354 e. The Labute approximate surface area is 161 Å². The van der Waals surface area contributed by atoms with Crippen molar-refractivity contribution in [2.75, 3.05) is 38.6 Å². The number of carbonyl (C=O) groups is 1. The number of rotatable bonds is 7. The van der Waals surface area contributed by atoms with Gasteiger partial charge in [-0.25, -0.2) is 9.97 Å². The Morgan fingerprint density at radius 3 is 2.44 bits per heavy atom. The summed E-state index contributed by atoms with van der Waals surface area (Å²) < 4.78 is 0. The zero-order chi connectivity index (χ0) is 19.1. The monoisotopic (exact) mass is 367 g/mol. The van der Waals surface area contributed by atoms with E-state index in [1.807, 2.05) is 12.1 Å². The van der Waals surface area contributed by atoms with Crippen molar-refractivity contribution in [3.63, 3.8) is 0 Å². The third kappa shape index (κ3) is 5.50. The first-order valence-corrected chi connectivity index (χ1v) is 9.63. The summed E-state index contributed by atoms with van der Waals surface area (Å²) in [6, 6.07) is 12.5. The molecule has 0 spiro atoms. The molecule has 1 amide bonds. The molecule has 2 aromatic rings. The highest BCUT2D eigenvalue weighted by atomic mass is 16.1. The number of aromatic nitrogens is 2. The van der Waals surface area contributed by atoms with Crippen LogP contribution in [0.25, 0.3) is 0 Å². The van der Waals surface area contributed by atoms with E-state index in [9.17, 15) is 4.79 Å². The van der Waals surface area contributed by atoms with E-state index in [1.165, 1.54) is 5.56 Å². The molecule has 3 rings (SSSR count). The Bertz CT molecular complexity index is 699. The number of amides is 1. The molecule has 1 atom stereocenters. The Kier molecular flexibility index (Phi) is 6.76. The van der Waals surface area contributed by atoms with Crippen molar-refractivity contribution in [3.8, 4) is 0 Å². The number of hydrogen-bond donors (Lipinski definition) is 1. The standard InChI is InChI=1S/C21H29N5O/c1-25(2)19(15-17-7-4-3-5-8-17)16-24-20(27)18-9-13-26(14-10-18)21-22-11-6-12-23-21/h3-8,11-12,18-19H,9-10,13-16H2,1-2H3,(H,24,27). The molecule has 1 fully saturated rings. The third-order valence-electron chi connectivity index (χ3n) is 5.26.